The first-order valence-corrected chi connectivity index (χ1v) is 8.91. The molecule has 4 aromatic rings. The van der Waals surface area contributed by atoms with Crippen molar-refractivity contribution in [3.63, 3.8) is 0 Å². The van der Waals surface area contributed by atoms with Crippen molar-refractivity contribution in [1.82, 2.24) is 9.97 Å². The molecule has 0 aliphatic rings. The van der Waals surface area contributed by atoms with Gasteiger partial charge in [0.1, 0.15) is 17.0 Å². The van der Waals surface area contributed by atoms with Crippen LogP contribution in [0.1, 0.15) is 25.5 Å². The number of ether oxygens (including phenoxy) is 1. The number of fused-ring (bicyclic) bond motifs is 1. The molecule has 0 bridgehead atoms. The predicted octanol–water partition coefficient (Wildman–Crippen LogP) is 6.28. The molecule has 28 heavy (non-hydrogen) atoms. The summed E-state index contributed by atoms with van der Waals surface area (Å²) in [5, 5.41) is 0. The van der Waals surface area contributed by atoms with Crippen molar-refractivity contribution in [3.8, 4) is 28.2 Å². The van der Waals surface area contributed by atoms with Gasteiger partial charge in [-0.05, 0) is 42.3 Å². The van der Waals surface area contributed by atoms with Crippen LogP contribution in [0.5, 0.6) is 5.75 Å². The Hall–Kier alpha value is -3.28. The van der Waals surface area contributed by atoms with E-state index in [9.17, 15) is 8.78 Å². The van der Waals surface area contributed by atoms with Crippen molar-refractivity contribution in [1.29, 1.82) is 0 Å². The quantitative estimate of drug-likeness (QED) is 0.409. The SMILES string of the molecule is CC(C)c1ccc(-c2ccnc3cc(-c4ccc(OC(F)F)cc4)oc23)cn1. The van der Waals surface area contributed by atoms with Gasteiger partial charge in [0, 0.05) is 40.8 Å². The summed E-state index contributed by atoms with van der Waals surface area (Å²) in [4.78, 5) is 8.90. The van der Waals surface area contributed by atoms with Crippen LogP contribution in [0.25, 0.3) is 33.6 Å². The second kappa shape index (κ2) is 7.38. The number of alkyl halides is 2. The van der Waals surface area contributed by atoms with E-state index in [0.717, 1.165) is 22.4 Å². The Kier molecular flexibility index (Phi) is 4.77. The topological polar surface area (TPSA) is 48.2 Å². The number of aromatic nitrogens is 2. The molecule has 1 aromatic carbocycles. The lowest BCUT2D eigenvalue weighted by Crippen LogP contribution is -2.01. The van der Waals surface area contributed by atoms with Crippen molar-refractivity contribution in [2.24, 2.45) is 0 Å². The van der Waals surface area contributed by atoms with Gasteiger partial charge >= 0.3 is 6.61 Å². The largest absolute Gasteiger partial charge is 0.454 e. The minimum atomic E-state index is -2.85. The lowest BCUT2D eigenvalue weighted by atomic mass is 10.1. The fourth-order valence-electron chi connectivity index (χ4n) is 3.01. The van der Waals surface area contributed by atoms with Crippen LogP contribution in [0, 0.1) is 0 Å². The van der Waals surface area contributed by atoms with Crippen LogP contribution in [0.3, 0.4) is 0 Å². The van der Waals surface area contributed by atoms with E-state index < -0.39 is 6.61 Å². The Labute approximate surface area is 160 Å². The summed E-state index contributed by atoms with van der Waals surface area (Å²) in [7, 11) is 0. The second-order valence-corrected chi connectivity index (χ2v) is 6.71. The number of furan rings is 1. The summed E-state index contributed by atoms with van der Waals surface area (Å²) < 4.78 is 35.1. The molecule has 0 unspecified atom stereocenters. The summed E-state index contributed by atoms with van der Waals surface area (Å²) in [6.07, 6.45) is 3.57. The molecule has 0 spiro atoms. The molecule has 0 radical (unpaired) electrons. The molecule has 142 valence electrons. The Morgan fingerprint density at radius 3 is 2.32 bits per heavy atom. The first kappa shape index (κ1) is 18.1. The van der Waals surface area contributed by atoms with Gasteiger partial charge in [0.2, 0.25) is 0 Å². The van der Waals surface area contributed by atoms with Crippen LogP contribution in [0.4, 0.5) is 8.78 Å². The normalized spacial score (nSPS) is 11.5. The van der Waals surface area contributed by atoms with Gasteiger partial charge in [-0.25, -0.2) is 0 Å². The van der Waals surface area contributed by atoms with E-state index in [1.54, 1.807) is 18.3 Å². The molecule has 4 rings (SSSR count). The van der Waals surface area contributed by atoms with E-state index in [4.69, 9.17) is 4.42 Å². The number of benzene rings is 1. The van der Waals surface area contributed by atoms with Crippen LogP contribution >= 0.6 is 0 Å². The molecule has 0 amide bonds. The van der Waals surface area contributed by atoms with E-state index in [2.05, 4.69) is 28.6 Å². The maximum Gasteiger partial charge on any atom is 0.387 e. The van der Waals surface area contributed by atoms with E-state index in [1.165, 1.54) is 12.1 Å². The molecule has 0 N–H and O–H groups in total. The molecule has 0 aliphatic carbocycles. The van der Waals surface area contributed by atoms with Crippen LogP contribution in [-0.2, 0) is 0 Å². The molecule has 0 saturated carbocycles. The van der Waals surface area contributed by atoms with Crippen molar-refractivity contribution < 1.29 is 17.9 Å². The van der Waals surface area contributed by atoms with E-state index in [-0.39, 0.29) is 5.75 Å². The van der Waals surface area contributed by atoms with Crippen LogP contribution < -0.4 is 4.74 Å². The van der Waals surface area contributed by atoms with Crippen molar-refractivity contribution in [2.45, 2.75) is 26.4 Å². The maximum atomic E-state index is 12.3. The number of pyridine rings is 2. The molecular weight excluding hydrogens is 362 g/mol. The summed E-state index contributed by atoms with van der Waals surface area (Å²) in [6.45, 7) is 1.35. The second-order valence-electron chi connectivity index (χ2n) is 6.71. The Bertz CT molecular complexity index is 1090. The van der Waals surface area contributed by atoms with Gasteiger partial charge in [-0.3, -0.25) is 9.97 Å². The Morgan fingerprint density at radius 2 is 1.68 bits per heavy atom. The molecule has 0 aliphatic heterocycles. The monoisotopic (exact) mass is 380 g/mol. The van der Waals surface area contributed by atoms with E-state index in [0.29, 0.717) is 22.8 Å². The molecular formula is C22H18F2N2O2. The van der Waals surface area contributed by atoms with E-state index >= 15 is 0 Å². The highest BCUT2D eigenvalue weighted by Crippen LogP contribution is 2.34. The minimum Gasteiger partial charge on any atom is -0.454 e. The highest BCUT2D eigenvalue weighted by molar-refractivity contribution is 5.92. The molecule has 0 saturated heterocycles. The zero-order valence-corrected chi connectivity index (χ0v) is 15.4. The lowest BCUT2D eigenvalue weighted by Gasteiger charge is -2.06. The third kappa shape index (κ3) is 3.58. The van der Waals surface area contributed by atoms with Gasteiger partial charge in [0.05, 0.1) is 0 Å². The number of hydrogen-bond donors (Lipinski definition) is 0. The number of halogens is 2. The molecule has 6 heteroatoms. The summed E-state index contributed by atoms with van der Waals surface area (Å²) in [5.74, 6) is 1.06. The fraction of sp³-hybridized carbons (Fsp3) is 0.182. The van der Waals surface area contributed by atoms with Crippen LogP contribution in [-0.4, -0.2) is 16.6 Å². The zero-order valence-electron chi connectivity index (χ0n) is 15.4. The van der Waals surface area contributed by atoms with E-state index in [1.807, 2.05) is 30.5 Å². The molecule has 3 heterocycles. The minimum absolute atomic E-state index is 0.102. The Morgan fingerprint density at radius 1 is 0.929 bits per heavy atom. The van der Waals surface area contributed by atoms with Crippen LogP contribution in [0.15, 0.2) is 65.3 Å². The third-order valence-electron chi connectivity index (χ3n) is 4.46. The maximum absolute atomic E-state index is 12.3. The van der Waals surface area contributed by atoms with Gasteiger partial charge in [-0.2, -0.15) is 8.78 Å². The Balaban J connectivity index is 1.71. The molecule has 0 atom stereocenters. The van der Waals surface area contributed by atoms with Crippen LogP contribution in [0.2, 0.25) is 0 Å². The highest BCUT2D eigenvalue weighted by Gasteiger charge is 2.13. The summed E-state index contributed by atoms with van der Waals surface area (Å²) in [5.41, 5.74) is 4.99. The third-order valence-corrected chi connectivity index (χ3v) is 4.46. The van der Waals surface area contributed by atoms with Gasteiger partial charge in [0.15, 0.2) is 5.58 Å². The fourth-order valence-corrected chi connectivity index (χ4v) is 3.01. The first-order valence-electron chi connectivity index (χ1n) is 8.91. The standard InChI is InChI=1S/C22H18F2N2O2/c1-13(2)18-8-5-15(12-26-18)17-9-10-25-19-11-20(28-21(17)19)14-3-6-16(7-4-14)27-22(23)24/h3-13,22H,1-2H3. The van der Waals surface area contributed by atoms with Crippen molar-refractivity contribution in [3.05, 3.63) is 66.6 Å². The van der Waals surface area contributed by atoms with Gasteiger partial charge < -0.3 is 9.15 Å². The predicted molar refractivity (Wildman–Crippen MR) is 103 cm³/mol. The number of rotatable bonds is 5. The molecule has 4 nitrogen and oxygen atoms in total. The summed E-state index contributed by atoms with van der Waals surface area (Å²) in [6, 6.07) is 14.1. The number of hydrogen-bond acceptors (Lipinski definition) is 4. The highest BCUT2D eigenvalue weighted by atomic mass is 19.3. The van der Waals surface area contributed by atoms with Crippen molar-refractivity contribution >= 4 is 11.1 Å². The molecule has 3 aromatic heterocycles. The van der Waals surface area contributed by atoms with Crippen molar-refractivity contribution in [2.75, 3.05) is 0 Å². The van der Waals surface area contributed by atoms with Gasteiger partial charge in [-0.15, -0.1) is 0 Å². The number of nitrogens with zero attached hydrogens (tertiary/aromatic N) is 2. The smallest absolute Gasteiger partial charge is 0.387 e. The average molecular weight is 380 g/mol. The zero-order chi connectivity index (χ0) is 19.7. The van der Waals surface area contributed by atoms with Gasteiger partial charge in [0.25, 0.3) is 0 Å². The molecule has 0 fully saturated rings. The lowest BCUT2D eigenvalue weighted by molar-refractivity contribution is -0.0498. The average Bonchev–Trinajstić information content (AvgIpc) is 3.12. The summed E-state index contributed by atoms with van der Waals surface area (Å²) >= 11 is 0. The first-order chi connectivity index (χ1) is 13.5. The van der Waals surface area contributed by atoms with Gasteiger partial charge in [-0.1, -0.05) is 19.9 Å².